The minimum atomic E-state index is -0.0789. The molecule has 1 aliphatic carbocycles. The highest BCUT2D eigenvalue weighted by atomic mass is 32.1. The molecule has 1 N–H and O–H groups in total. The fraction of sp³-hybridized carbons (Fsp3) is 0.538. The molecule has 1 saturated carbocycles. The largest absolute Gasteiger partial charge is 0.507 e. The molecule has 0 unspecified atom stereocenters. The first-order chi connectivity index (χ1) is 15.1. The summed E-state index contributed by atoms with van der Waals surface area (Å²) in [6.07, 6.45) is 5.75. The van der Waals surface area contributed by atoms with Gasteiger partial charge in [0.15, 0.2) is 0 Å². The molecule has 2 aliphatic rings. The standard InChI is InChI=1S/C26H32N2O3S/c1-6-16-7-18-22(30)20(24-27-15(2)12-32-24)11-31-23(18)19(21(16)29)10-28-14-26(5)9-17(28)8-25(3,4)13-26/h7,11-12,17,29H,6,8-10,13-14H2,1-5H3/t17-,26+/m1/s1. The monoisotopic (exact) mass is 452 g/mol. The quantitative estimate of drug-likeness (QED) is 0.534. The lowest BCUT2D eigenvalue weighted by Gasteiger charge is -2.40. The molecule has 5 nitrogen and oxygen atoms in total. The molecule has 1 aliphatic heterocycles. The third-order valence-corrected chi connectivity index (χ3v) is 8.32. The molecule has 2 aromatic heterocycles. The lowest BCUT2D eigenvalue weighted by atomic mass is 9.65. The van der Waals surface area contributed by atoms with E-state index in [1.54, 1.807) is 6.07 Å². The van der Waals surface area contributed by atoms with Gasteiger partial charge in [0.25, 0.3) is 0 Å². The maximum absolute atomic E-state index is 13.4. The predicted molar refractivity (Wildman–Crippen MR) is 129 cm³/mol. The average Bonchev–Trinajstić information content (AvgIpc) is 3.23. The van der Waals surface area contributed by atoms with Gasteiger partial charge < -0.3 is 9.52 Å². The van der Waals surface area contributed by atoms with Gasteiger partial charge in [-0.25, -0.2) is 4.98 Å². The van der Waals surface area contributed by atoms with Gasteiger partial charge in [-0.15, -0.1) is 11.3 Å². The summed E-state index contributed by atoms with van der Waals surface area (Å²) in [6, 6.07) is 2.30. The van der Waals surface area contributed by atoms with Crippen molar-refractivity contribution in [2.45, 2.75) is 72.9 Å². The van der Waals surface area contributed by atoms with E-state index in [-0.39, 0.29) is 11.2 Å². The summed E-state index contributed by atoms with van der Waals surface area (Å²) in [5, 5.41) is 14.3. The molecule has 2 atom stereocenters. The number of thiazole rings is 1. The van der Waals surface area contributed by atoms with Crippen LogP contribution in [0.4, 0.5) is 0 Å². The van der Waals surface area contributed by atoms with Crippen molar-refractivity contribution in [3.8, 4) is 16.3 Å². The SMILES string of the molecule is CCc1cc2c(=O)c(-c3nc(C)cs3)coc2c(CN2C[C@@]3(C)C[C@H]2CC(C)(C)C3)c1O. The Morgan fingerprint density at radius 2 is 2.09 bits per heavy atom. The minimum Gasteiger partial charge on any atom is -0.507 e. The molecular formula is C26H32N2O3S. The van der Waals surface area contributed by atoms with E-state index in [4.69, 9.17) is 4.42 Å². The fourth-order valence-corrected chi connectivity index (χ4v) is 7.20. The van der Waals surface area contributed by atoms with Gasteiger partial charge in [-0.2, -0.15) is 0 Å². The van der Waals surface area contributed by atoms with Crippen LogP contribution in [-0.2, 0) is 13.0 Å². The molecule has 0 radical (unpaired) electrons. The van der Waals surface area contributed by atoms with E-state index >= 15 is 0 Å². The van der Waals surface area contributed by atoms with E-state index in [2.05, 4.69) is 30.7 Å². The number of aromatic nitrogens is 1. The van der Waals surface area contributed by atoms with Crippen LogP contribution in [0.1, 0.15) is 63.8 Å². The smallest absolute Gasteiger partial charge is 0.202 e. The number of phenolic OH excluding ortho intramolecular Hbond substituents is 1. The molecular weight excluding hydrogens is 420 g/mol. The summed E-state index contributed by atoms with van der Waals surface area (Å²) in [6.45, 7) is 12.7. The third-order valence-electron chi connectivity index (χ3n) is 7.33. The number of benzene rings is 1. The number of hydrogen-bond donors (Lipinski definition) is 1. The highest BCUT2D eigenvalue weighted by molar-refractivity contribution is 7.13. The second-order valence-electron chi connectivity index (χ2n) is 11.0. The van der Waals surface area contributed by atoms with Crippen LogP contribution < -0.4 is 5.43 Å². The van der Waals surface area contributed by atoms with Crippen LogP contribution in [0, 0.1) is 17.8 Å². The van der Waals surface area contributed by atoms with Gasteiger partial charge in [0.1, 0.15) is 22.6 Å². The van der Waals surface area contributed by atoms with Gasteiger partial charge in [0.2, 0.25) is 5.43 Å². The Kier molecular flexibility index (Phi) is 5.02. The first kappa shape index (κ1) is 21.7. The average molecular weight is 453 g/mol. The molecule has 0 spiro atoms. The maximum Gasteiger partial charge on any atom is 0.202 e. The van der Waals surface area contributed by atoms with Crippen molar-refractivity contribution < 1.29 is 9.52 Å². The van der Waals surface area contributed by atoms with E-state index in [0.29, 0.717) is 51.4 Å². The second kappa shape index (κ2) is 7.42. The summed E-state index contributed by atoms with van der Waals surface area (Å²) in [5.41, 5.74) is 3.97. The topological polar surface area (TPSA) is 66.6 Å². The van der Waals surface area contributed by atoms with Crippen LogP contribution >= 0.6 is 11.3 Å². The molecule has 6 heteroatoms. The van der Waals surface area contributed by atoms with Crippen LogP contribution in [0.15, 0.2) is 26.9 Å². The minimum absolute atomic E-state index is 0.0789. The number of hydrogen-bond acceptors (Lipinski definition) is 6. The number of phenols is 1. The number of nitrogens with zero attached hydrogens (tertiary/aromatic N) is 2. The zero-order chi connectivity index (χ0) is 22.8. The van der Waals surface area contributed by atoms with Crippen LogP contribution in [0.5, 0.6) is 5.75 Å². The van der Waals surface area contributed by atoms with Crippen molar-refractivity contribution >= 4 is 22.3 Å². The van der Waals surface area contributed by atoms with Gasteiger partial charge in [-0.05, 0) is 55.1 Å². The van der Waals surface area contributed by atoms with E-state index in [1.807, 2.05) is 19.2 Å². The highest BCUT2D eigenvalue weighted by Crippen LogP contribution is 2.53. The van der Waals surface area contributed by atoms with Crippen molar-refractivity contribution in [3.05, 3.63) is 44.8 Å². The summed E-state index contributed by atoms with van der Waals surface area (Å²) >= 11 is 1.45. The zero-order valence-electron chi connectivity index (χ0n) is 19.6. The van der Waals surface area contributed by atoms with Gasteiger partial charge in [0.05, 0.1) is 16.5 Å². The Morgan fingerprint density at radius 3 is 2.78 bits per heavy atom. The Morgan fingerprint density at radius 1 is 1.31 bits per heavy atom. The van der Waals surface area contributed by atoms with Crippen molar-refractivity contribution in [1.29, 1.82) is 0 Å². The molecule has 2 bridgehead atoms. The van der Waals surface area contributed by atoms with E-state index in [9.17, 15) is 9.90 Å². The van der Waals surface area contributed by atoms with Crippen molar-refractivity contribution in [2.24, 2.45) is 10.8 Å². The highest BCUT2D eigenvalue weighted by Gasteiger charge is 2.49. The summed E-state index contributed by atoms with van der Waals surface area (Å²) in [5.74, 6) is 0.270. The molecule has 170 valence electrons. The molecule has 3 aromatic rings. The third kappa shape index (κ3) is 3.57. The number of aromatic hydroxyl groups is 1. The zero-order valence-corrected chi connectivity index (χ0v) is 20.4. The first-order valence-corrected chi connectivity index (χ1v) is 12.4. The molecule has 3 heterocycles. The summed E-state index contributed by atoms with van der Waals surface area (Å²) in [7, 11) is 0. The van der Waals surface area contributed by atoms with Gasteiger partial charge in [-0.1, -0.05) is 27.7 Å². The predicted octanol–water partition coefficient (Wildman–Crippen LogP) is 5.89. The Balaban J connectivity index is 1.61. The number of likely N-dealkylation sites (tertiary alicyclic amines) is 1. The van der Waals surface area contributed by atoms with Crippen LogP contribution in [0.3, 0.4) is 0 Å². The van der Waals surface area contributed by atoms with Crippen molar-refractivity contribution in [1.82, 2.24) is 9.88 Å². The van der Waals surface area contributed by atoms with Crippen LogP contribution in [0.25, 0.3) is 21.5 Å². The van der Waals surface area contributed by atoms with Gasteiger partial charge in [-0.3, -0.25) is 9.69 Å². The summed E-state index contributed by atoms with van der Waals surface area (Å²) < 4.78 is 6.07. The Bertz CT molecular complexity index is 1260. The Hall–Kier alpha value is -2.18. The normalized spacial score (nSPS) is 25.0. The van der Waals surface area contributed by atoms with Crippen molar-refractivity contribution in [2.75, 3.05) is 6.54 Å². The molecule has 32 heavy (non-hydrogen) atoms. The van der Waals surface area contributed by atoms with E-state index < -0.39 is 0 Å². The van der Waals surface area contributed by atoms with Crippen LogP contribution in [0.2, 0.25) is 0 Å². The lowest BCUT2D eigenvalue weighted by Crippen LogP contribution is -2.34. The number of aryl methyl sites for hydroxylation is 2. The molecule has 1 aromatic carbocycles. The van der Waals surface area contributed by atoms with Gasteiger partial charge in [0, 0.05) is 30.2 Å². The number of rotatable bonds is 4. The molecule has 2 fully saturated rings. The Labute approximate surface area is 193 Å². The maximum atomic E-state index is 13.4. The summed E-state index contributed by atoms with van der Waals surface area (Å²) in [4.78, 5) is 20.4. The molecule has 1 saturated heterocycles. The lowest BCUT2D eigenvalue weighted by molar-refractivity contribution is 0.126. The van der Waals surface area contributed by atoms with Crippen LogP contribution in [-0.4, -0.2) is 27.6 Å². The second-order valence-corrected chi connectivity index (χ2v) is 11.8. The molecule has 5 rings (SSSR count). The van der Waals surface area contributed by atoms with E-state index in [1.165, 1.54) is 30.4 Å². The van der Waals surface area contributed by atoms with Gasteiger partial charge >= 0.3 is 0 Å². The first-order valence-electron chi connectivity index (χ1n) is 11.5. The fourth-order valence-electron chi connectivity index (χ4n) is 6.40. The molecule has 0 amide bonds. The number of fused-ring (bicyclic) bond motifs is 3. The van der Waals surface area contributed by atoms with Crippen molar-refractivity contribution in [3.63, 3.8) is 0 Å². The van der Waals surface area contributed by atoms with E-state index in [0.717, 1.165) is 29.8 Å².